The SMILES string of the molecule is CN1CCC(NC(=O)c2ccc(O)cc2O)CC1. The van der Waals surface area contributed by atoms with E-state index in [0.29, 0.717) is 0 Å². The summed E-state index contributed by atoms with van der Waals surface area (Å²) in [6.45, 7) is 1.93. The molecule has 1 amide bonds. The summed E-state index contributed by atoms with van der Waals surface area (Å²) in [5.41, 5.74) is 0.201. The smallest absolute Gasteiger partial charge is 0.255 e. The van der Waals surface area contributed by atoms with Crippen LogP contribution in [0.25, 0.3) is 0 Å². The molecule has 0 aliphatic carbocycles. The molecule has 0 aromatic heterocycles. The molecule has 1 heterocycles. The van der Waals surface area contributed by atoms with Gasteiger partial charge < -0.3 is 20.4 Å². The van der Waals surface area contributed by atoms with Crippen molar-refractivity contribution in [1.29, 1.82) is 0 Å². The Morgan fingerprint density at radius 2 is 2.00 bits per heavy atom. The van der Waals surface area contributed by atoms with Crippen molar-refractivity contribution in [2.45, 2.75) is 18.9 Å². The van der Waals surface area contributed by atoms with Crippen LogP contribution < -0.4 is 5.32 Å². The molecule has 0 bridgehead atoms. The number of aromatic hydroxyl groups is 2. The van der Waals surface area contributed by atoms with Gasteiger partial charge in [-0.1, -0.05) is 0 Å². The van der Waals surface area contributed by atoms with E-state index in [4.69, 9.17) is 0 Å². The Morgan fingerprint density at radius 1 is 1.33 bits per heavy atom. The van der Waals surface area contributed by atoms with Gasteiger partial charge in [0.1, 0.15) is 11.5 Å². The molecule has 18 heavy (non-hydrogen) atoms. The third kappa shape index (κ3) is 2.92. The van der Waals surface area contributed by atoms with E-state index in [0.717, 1.165) is 25.9 Å². The van der Waals surface area contributed by atoms with Crippen molar-refractivity contribution in [2.24, 2.45) is 0 Å². The highest BCUT2D eigenvalue weighted by Crippen LogP contribution is 2.22. The first-order valence-electron chi connectivity index (χ1n) is 6.07. The van der Waals surface area contributed by atoms with Crippen molar-refractivity contribution in [3.8, 4) is 11.5 Å². The minimum atomic E-state index is -0.290. The fourth-order valence-electron chi connectivity index (χ4n) is 2.13. The Hall–Kier alpha value is -1.75. The number of likely N-dealkylation sites (tertiary alicyclic amines) is 1. The molecule has 1 aliphatic rings. The fraction of sp³-hybridized carbons (Fsp3) is 0.462. The quantitative estimate of drug-likeness (QED) is 0.730. The molecule has 0 spiro atoms. The number of rotatable bonds is 2. The van der Waals surface area contributed by atoms with Gasteiger partial charge in [-0.15, -0.1) is 0 Å². The number of phenols is 2. The number of carbonyl (C=O) groups is 1. The second-order valence-electron chi connectivity index (χ2n) is 4.75. The maximum absolute atomic E-state index is 12.0. The molecule has 0 atom stereocenters. The summed E-state index contributed by atoms with van der Waals surface area (Å²) < 4.78 is 0. The maximum Gasteiger partial charge on any atom is 0.255 e. The number of benzene rings is 1. The van der Waals surface area contributed by atoms with Crippen LogP contribution >= 0.6 is 0 Å². The summed E-state index contributed by atoms with van der Waals surface area (Å²) in [6, 6.07) is 4.14. The van der Waals surface area contributed by atoms with Crippen LogP contribution in [-0.4, -0.2) is 47.2 Å². The molecule has 2 rings (SSSR count). The van der Waals surface area contributed by atoms with Gasteiger partial charge in [0.05, 0.1) is 5.56 Å². The summed E-state index contributed by atoms with van der Waals surface area (Å²) in [6.07, 6.45) is 1.84. The van der Waals surface area contributed by atoms with E-state index in [-0.39, 0.29) is 29.0 Å². The summed E-state index contributed by atoms with van der Waals surface area (Å²) in [5, 5.41) is 21.7. The summed E-state index contributed by atoms with van der Waals surface area (Å²) in [5.74, 6) is -0.536. The molecule has 98 valence electrons. The van der Waals surface area contributed by atoms with Crippen LogP contribution in [0, 0.1) is 0 Å². The molecular formula is C13H18N2O3. The average Bonchev–Trinajstić information content (AvgIpc) is 2.32. The number of nitrogens with zero attached hydrogens (tertiary/aromatic N) is 1. The van der Waals surface area contributed by atoms with E-state index < -0.39 is 0 Å². The Morgan fingerprint density at radius 3 is 2.61 bits per heavy atom. The molecule has 3 N–H and O–H groups in total. The molecular weight excluding hydrogens is 232 g/mol. The second kappa shape index (κ2) is 5.27. The molecule has 5 heteroatoms. The van der Waals surface area contributed by atoms with E-state index in [9.17, 15) is 15.0 Å². The number of hydrogen-bond acceptors (Lipinski definition) is 4. The fourth-order valence-corrected chi connectivity index (χ4v) is 2.13. The van der Waals surface area contributed by atoms with Crippen LogP contribution in [0.3, 0.4) is 0 Å². The normalized spacial score (nSPS) is 17.6. The van der Waals surface area contributed by atoms with Crippen molar-refractivity contribution < 1.29 is 15.0 Å². The van der Waals surface area contributed by atoms with E-state index in [1.54, 1.807) is 0 Å². The van der Waals surface area contributed by atoms with Crippen molar-refractivity contribution in [1.82, 2.24) is 10.2 Å². The van der Waals surface area contributed by atoms with Crippen LogP contribution in [-0.2, 0) is 0 Å². The minimum absolute atomic E-state index is 0.0525. The van der Waals surface area contributed by atoms with Crippen LogP contribution in [0.4, 0.5) is 0 Å². The van der Waals surface area contributed by atoms with Crippen molar-refractivity contribution >= 4 is 5.91 Å². The predicted octanol–water partition coefficient (Wildman–Crippen LogP) is 0.922. The zero-order valence-electron chi connectivity index (χ0n) is 10.4. The Balaban J connectivity index is 1.99. The minimum Gasteiger partial charge on any atom is -0.508 e. The molecule has 1 aliphatic heterocycles. The molecule has 1 saturated heterocycles. The van der Waals surface area contributed by atoms with Gasteiger partial charge in [-0.25, -0.2) is 0 Å². The third-order valence-corrected chi connectivity index (χ3v) is 3.28. The summed E-state index contributed by atoms with van der Waals surface area (Å²) in [7, 11) is 2.06. The first-order chi connectivity index (χ1) is 8.56. The predicted molar refractivity (Wildman–Crippen MR) is 67.8 cm³/mol. The first kappa shape index (κ1) is 12.7. The van der Waals surface area contributed by atoms with Crippen LogP contribution in [0.2, 0.25) is 0 Å². The van der Waals surface area contributed by atoms with Crippen molar-refractivity contribution in [3.63, 3.8) is 0 Å². The number of hydrogen-bond donors (Lipinski definition) is 3. The van der Waals surface area contributed by atoms with E-state index >= 15 is 0 Å². The molecule has 1 fully saturated rings. The number of nitrogens with one attached hydrogen (secondary N) is 1. The van der Waals surface area contributed by atoms with Crippen LogP contribution in [0.5, 0.6) is 11.5 Å². The van der Waals surface area contributed by atoms with Gasteiger partial charge in [-0.3, -0.25) is 4.79 Å². The van der Waals surface area contributed by atoms with Crippen LogP contribution in [0.15, 0.2) is 18.2 Å². The molecule has 0 radical (unpaired) electrons. The van der Waals surface area contributed by atoms with E-state index in [2.05, 4.69) is 17.3 Å². The van der Waals surface area contributed by atoms with Crippen molar-refractivity contribution in [3.05, 3.63) is 23.8 Å². The highest BCUT2D eigenvalue weighted by molar-refractivity contribution is 5.97. The van der Waals surface area contributed by atoms with E-state index in [1.165, 1.54) is 18.2 Å². The summed E-state index contributed by atoms with van der Waals surface area (Å²) in [4.78, 5) is 14.2. The van der Waals surface area contributed by atoms with Gasteiger partial charge in [-0.05, 0) is 45.1 Å². The third-order valence-electron chi connectivity index (χ3n) is 3.28. The van der Waals surface area contributed by atoms with Gasteiger partial charge in [0.2, 0.25) is 0 Å². The van der Waals surface area contributed by atoms with E-state index in [1.807, 2.05) is 0 Å². The van der Waals surface area contributed by atoms with Crippen molar-refractivity contribution in [2.75, 3.05) is 20.1 Å². The zero-order chi connectivity index (χ0) is 13.1. The molecule has 5 nitrogen and oxygen atoms in total. The first-order valence-corrected chi connectivity index (χ1v) is 6.07. The molecule has 0 saturated carbocycles. The second-order valence-corrected chi connectivity index (χ2v) is 4.75. The number of amides is 1. The lowest BCUT2D eigenvalue weighted by molar-refractivity contribution is 0.0914. The van der Waals surface area contributed by atoms with Crippen LogP contribution in [0.1, 0.15) is 23.2 Å². The zero-order valence-corrected chi connectivity index (χ0v) is 10.4. The van der Waals surface area contributed by atoms with Gasteiger partial charge in [0.25, 0.3) is 5.91 Å². The molecule has 1 aromatic carbocycles. The number of phenolic OH excluding ortho intramolecular Hbond substituents is 2. The van der Waals surface area contributed by atoms with Gasteiger partial charge in [0, 0.05) is 12.1 Å². The lowest BCUT2D eigenvalue weighted by atomic mass is 10.0. The Labute approximate surface area is 106 Å². The van der Waals surface area contributed by atoms with Gasteiger partial charge in [-0.2, -0.15) is 0 Å². The molecule has 0 unspecified atom stereocenters. The van der Waals surface area contributed by atoms with Gasteiger partial charge in [0.15, 0.2) is 0 Å². The highest BCUT2D eigenvalue weighted by atomic mass is 16.3. The Kier molecular flexibility index (Phi) is 3.72. The number of carbonyl (C=O) groups excluding carboxylic acids is 1. The standard InChI is InChI=1S/C13H18N2O3/c1-15-6-4-9(5-7-15)14-13(18)11-3-2-10(16)8-12(11)17/h2-3,8-9,16-17H,4-7H2,1H3,(H,14,18). The monoisotopic (exact) mass is 250 g/mol. The maximum atomic E-state index is 12.0. The van der Waals surface area contributed by atoms with Gasteiger partial charge >= 0.3 is 0 Å². The lowest BCUT2D eigenvalue weighted by Gasteiger charge is -2.29. The lowest BCUT2D eigenvalue weighted by Crippen LogP contribution is -2.43. The summed E-state index contributed by atoms with van der Waals surface area (Å²) >= 11 is 0. The highest BCUT2D eigenvalue weighted by Gasteiger charge is 2.20. The number of piperidine rings is 1. The largest absolute Gasteiger partial charge is 0.508 e. The molecule has 1 aromatic rings. The Bertz CT molecular complexity index is 440. The average molecular weight is 250 g/mol. The topological polar surface area (TPSA) is 72.8 Å².